The number of para-hydroxylation sites is 2. The zero-order valence-corrected chi connectivity index (χ0v) is 17.1. The normalized spacial score (nSPS) is 10.7. The molecule has 0 heterocycles. The maximum Gasteiger partial charge on any atom is 0.511 e. The average Bonchev–Trinajstić information content (AvgIpc) is 2.65. The molecule has 0 saturated heterocycles. The van der Waals surface area contributed by atoms with Crippen molar-refractivity contribution in [2.75, 3.05) is 6.61 Å². The van der Waals surface area contributed by atoms with Gasteiger partial charge in [-0.15, -0.1) is 0 Å². The smallest absolute Gasteiger partial charge is 0.490 e. The number of unbranched alkanes of at least 4 members (excludes halogenated alkanes) is 13. The predicted octanol–water partition coefficient (Wildman–Crippen LogP) is 7.60. The van der Waals surface area contributed by atoms with E-state index in [2.05, 4.69) is 6.92 Å². The molecule has 27 heavy (non-hydrogen) atoms. The minimum Gasteiger partial charge on any atom is -0.490 e. The van der Waals surface area contributed by atoms with E-state index in [1.807, 2.05) is 6.07 Å². The highest BCUT2D eigenvalue weighted by Crippen LogP contribution is 2.26. The third-order valence-corrected chi connectivity index (χ3v) is 4.80. The highest BCUT2D eigenvalue weighted by atomic mass is 16.7. The van der Waals surface area contributed by atoms with E-state index in [-0.39, 0.29) is 5.75 Å². The zero-order valence-electron chi connectivity index (χ0n) is 17.1. The van der Waals surface area contributed by atoms with Crippen LogP contribution in [0.25, 0.3) is 0 Å². The molecule has 0 atom stereocenters. The Morgan fingerprint density at radius 2 is 1.19 bits per heavy atom. The average molecular weight is 379 g/mol. The van der Waals surface area contributed by atoms with E-state index in [9.17, 15) is 4.79 Å². The molecule has 1 aromatic carbocycles. The first kappa shape index (κ1) is 23.3. The third-order valence-electron chi connectivity index (χ3n) is 4.80. The summed E-state index contributed by atoms with van der Waals surface area (Å²) in [6.45, 7) is 2.86. The molecule has 0 unspecified atom stereocenters. The Hall–Kier alpha value is -1.71. The van der Waals surface area contributed by atoms with Gasteiger partial charge in [0.25, 0.3) is 0 Å². The van der Waals surface area contributed by atoms with Gasteiger partial charge in [0.15, 0.2) is 11.5 Å². The Morgan fingerprint density at radius 3 is 1.67 bits per heavy atom. The summed E-state index contributed by atoms with van der Waals surface area (Å²) >= 11 is 0. The number of benzene rings is 1. The molecule has 1 N–H and O–H groups in total. The van der Waals surface area contributed by atoms with Crippen LogP contribution in [-0.4, -0.2) is 17.9 Å². The molecular formula is C23H38O4. The standard InChI is InChI=1S/C23H38O4/c1-2-3-4-5-6-7-8-9-10-11-12-13-14-17-20-26-21-18-15-16-19-22(21)27-23(24)25/h15-16,18-19H,2-14,17,20H2,1H3,(H,24,25). The fourth-order valence-electron chi connectivity index (χ4n) is 3.23. The Morgan fingerprint density at radius 1 is 0.741 bits per heavy atom. The molecule has 0 aliphatic rings. The van der Waals surface area contributed by atoms with Crippen LogP contribution in [0.1, 0.15) is 96.8 Å². The van der Waals surface area contributed by atoms with Crippen molar-refractivity contribution in [3.63, 3.8) is 0 Å². The number of ether oxygens (including phenoxy) is 2. The van der Waals surface area contributed by atoms with E-state index in [0.29, 0.717) is 12.4 Å². The Balaban J connectivity index is 1.90. The molecule has 1 aromatic rings. The summed E-state index contributed by atoms with van der Waals surface area (Å²) in [6, 6.07) is 6.89. The second-order valence-electron chi connectivity index (χ2n) is 7.26. The van der Waals surface area contributed by atoms with Gasteiger partial charge < -0.3 is 14.6 Å². The fourth-order valence-corrected chi connectivity index (χ4v) is 3.23. The van der Waals surface area contributed by atoms with Gasteiger partial charge in [0.2, 0.25) is 0 Å². The van der Waals surface area contributed by atoms with Crippen molar-refractivity contribution in [2.45, 2.75) is 96.8 Å². The molecule has 4 heteroatoms. The van der Waals surface area contributed by atoms with Crippen molar-refractivity contribution in [1.82, 2.24) is 0 Å². The lowest BCUT2D eigenvalue weighted by atomic mass is 10.0. The van der Waals surface area contributed by atoms with Crippen LogP contribution in [-0.2, 0) is 0 Å². The predicted molar refractivity (Wildman–Crippen MR) is 111 cm³/mol. The van der Waals surface area contributed by atoms with Crippen LogP contribution in [0.15, 0.2) is 24.3 Å². The summed E-state index contributed by atoms with van der Waals surface area (Å²) in [4.78, 5) is 10.7. The van der Waals surface area contributed by atoms with E-state index in [1.54, 1.807) is 18.2 Å². The van der Waals surface area contributed by atoms with Crippen molar-refractivity contribution in [1.29, 1.82) is 0 Å². The van der Waals surface area contributed by atoms with E-state index in [1.165, 1.54) is 77.0 Å². The summed E-state index contributed by atoms with van der Waals surface area (Å²) in [5, 5.41) is 8.72. The molecule has 1 rings (SSSR count). The maximum absolute atomic E-state index is 10.7. The zero-order chi connectivity index (χ0) is 19.6. The van der Waals surface area contributed by atoms with Crippen LogP contribution in [0.3, 0.4) is 0 Å². The Labute approximate surface area is 165 Å². The molecule has 0 aliphatic carbocycles. The van der Waals surface area contributed by atoms with Crippen molar-refractivity contribution >= 4 is 6.16 Å². The van der Waals surface area contributed by atoms with Gasteiger partial charge in [0, 0.05) is 0 Å². The summed E-state index contributed by atoms with van der Waals surface area (Å²) in [7, 11) is 0. The van der Waals surface area contributed by atoms with Crippen molar-refractivity contribution in [3.8, 4) is 11.5 Å². The topological polar surface area (TPSA) is 55.8 Å². The van der Waals surface area contributed by atoms with E-state index in [4.69, 9.17) is 14.6 Å². The van der Waals surface area contributed by atoms with Crippen LogP contribution in [0.5, 0.6) is 11.5 Å². The van der Waals surface area contributed by atoms with Gasteiger partial charge in [-0.1, -0.05) is 103 Å². The highest BCUT2D eigenvalue weighted by molar-refractivity contribution is 5.62. The largest absolute Gasteiger partial charge is 0.511 e. The van der Waals surface area contributed by atoms with Gasteiger partial charge in [-0.2, -0.15) is 0 Å². The molecule has 0 aliphatic heterocycles. The third kappa shape index (κ3) is 13.2. The minimum absolute atomic E-state index is 0.260. The van der Waals surface area contributed by atoms with Crippen molar-refractivity contribution < 1.29 is 19.4 Å². The second-order valence-corrected chi connectivity index (χ2v) is 7.26. The first-order chi connectivity index (χ1) is 13.2. The first-order valence-electron chi connectivity index (χ1n) is 10.9. The molecule has 0 spiro atoms. The van der Waals surface area contributed by atoms with Gasteiger partial charge in [-0.05, 0) is 18.6 Å². The number of carbonyl (C=O) groups is 1. The number of carboxylic acid groups (broad SMARTS) is 1. The number of rotatable bonds is 17. The minimum atomic E-state index is -1.32. The second kappa shape index (κ2) is 16.5. The van der Waals surface area contributed by atoms with E-state index >= 15 is 0 Å². The fraction of sp³-hybridized carbons (Fsp3) is 0.696. The molecule has 0 aromatic heterocycles. The van der Waals surface area contributed by atoms with Crippen LogP contribution >= 0.6 is 0 Å². The SMILES string of the molecule is CCCCCCCCCCCCCCCCOc1ccccc1OC(=O)O. The molecule has 0 bridgehead atoms. The molecule has 0 amide bonds. The molecular weight excluding hydrogens is 340 g/mol. The van der Waals surface area contributed by atoms with Gasteiger partial charge in [0.1, 0.15) is 0 Å². The van der Waals surface area contributed by atoms with Crippen LogP contribution in [0.4, 0.5) is 4.79 Å². The highest BCUT2D eigenvalue weighted by Gasteiger charge is 2.07. The van der Waals surface area contributed by atoms with Gasteiger partial charge in [-0.3, -0.25) is 0 Å². The molecule has 0 fully saturated rings. The quantitative estimate of drug-likeness (QED) is 0.172. The Kier molecular flexibility index (Phi) is 14.2. The van der Waals surface area contributed by atoms with E-state index < -0.39 is 6.16 Å². The maximum atomic E-state index is 10.7. The number of hydrogen-bond acceptors (Lipinski definition) is 3. The lowest BCUT2D eigenvalue weighted by Crippen LogP contribution is -2.05. The van der Waals surface area contributed by atoms with Gasteiger partial charge in [0.05, 0.1) is 6.61 Å². The molecule has 0 radical (unpaired) electrons. The van der Waals surface area contributed by atoms with Crippen molar-refractivity contribution in [3.05, 3.63) is 24.3 Å². The summed E-state index contributed by atoms with van der Waals surface area (Å²) in [5.41, 5.74) is 0. The monoisotopic (exact) mass is 378 g/mol. The van der Waals surface area contributed by atoms with Gasteiger partial charge in [-0.25, -0.2) is 4.79 Å². The van der Waals surface area contributed by atoms with Crippen LogP contribution in [0, 0.1) is 0 Å². The lowest BCUT2D eigenvalue weighted by molar-refractivity contribution is 0.142. The van der Waals surface area contributed by atoms with Crippen LogP contribution < -0.4 is 9.47 Å². The molecule has 0 saturated carbocycles. The van der Waals surface area contributed by atoms with Crippen molar-refractivity contribution in [2.24, 2.45) is 0 Å². The molecule has 154 valence electrons. The Bertz CT molecular complexity index is 487. The van der Waals surface area contributed by atoms with E-state index in [0.717, 1.165) is 12.8 Å². The summed E-state index contributed by atoms with van der Waals surface area (Å²) in [5.74, 6) is 0.755. The van der Waals surface area contributed by atoms with Gasteiger partial charge >= 0.3 is 6.16 Å². The summed E-state index contributed by atoms with van der Waals surface area (Å²) in [6.07, 6.45) is 17.2. The lowest BCUT2D eigenvalue weighted by Gasteiger charge is -2.10. The number of hydrogen-bond donors (Lipinski definition) is 1. The first-order valence-corrected chi connectivity index (χ1v) is 10.9. The van der Waals surface area contributed by atoms with Crippen LogP contribution in [0.2, 0.25) is 0 Å². The summed E-state index contributed by atoms with van der Waals surface area (Å²) < 4.78 is 10.4. The molecule has 4 nitrogen and oxygen atoms in total.